The van der Waals surface area contributed by atoms with Crippen LogP contribution in [0.15, 0.2) is 47.8 Å². The van der Waals surface area contributed by atoms with Crippen LogP contribution in [0.25, 0.3) is 11.3 Å². The molecule has 1 saturated heterocycles. The monoisotopic (exact) mass is 485 g/mol. The van der Waals surface area contributed by atoms with Gasteiger partial charge in [0.2, 0.25) is 0 Å². The minimum absolute atomic E-state index is 0.208. The molecule has 0 spiro atoms. The number of thiazole rings is 1. The maximum absolute atomic E-state index is 13.4. The van der Waals surface area contributed by atoms with Crippen LogP contribution < -0.4 is 14.4 Å². The maximum Gasteiger partial charge on any atom is 0.260 e. The smallest absolute Gasteiger partial charge is 0.260 e. The largest absolute Gasteiger partial charge is 0.497 e. The SMILES string of the molecule is COc1ccc(OC)c(-c2csc(N(CCCN3CCOCC3)C(=O)c3ccc(F)cc3)n2)c1. The van der Waals surface area contributed by atoms with E-state index in [1.807, 2.05) is 23.6 Å². The number of rotatable bonds is 9. The van der Waals surface area contributed by atoms with Crippen molar-refractivity contribution in [1.29, 1.82) is 0 Å². The molecule has 1 aromatic heterocycles. The van der Waals surface area contributed by atoms with Crippen molar-refractivity contribution in [2.45, 2.75) is 6.42 Å². The second-order valence-electron chi connectivity index (χ2n) is 7.85. The van der Waals surface area contributed by atoms with Crippen molar-refractivity contribution in [2.75, 3.05) is 58.5 Å². The van der Waals surface area contributed by atoms with Crippen LogP contribution in [0, 0.1) is 5.82 Å². The van der Waals surface area contributed by atoms with Crippen molar-refractivity contribution in [3.05, 3.63) is 59.2 Å². The number of benzene rings is 2. The summed E-state index contributed by atoms with van der Waals surface area (Å²) in [6.07, 6.45) is 0.782. The number of amides is 1. The molecule has 0 N–H and O–H groups in total. The first kappa shape index (κ1) is 24.1. The zero-order valence-corrected chi connectivity index (χ0v) is 20.1. The Morgan fingerprint density at radius 2 is 1.91 bits per heavy atom. The molecule has 34 heavy (non-hydrogen) atoms. The summed E-state index contributed by atoms with van der Waals surface area (Å²) in [6.45, 7) is 4.60. The molecule has 1 amide bonds. The lowest BCUT2D eigenvalue weighted by Crippen LogP contribution is -2.39. The number of nitrogens with zero attached hydrogens (tertiary/aromatic N) is 3. The molecule has 3 aromatic rings. The summed E-state index contributed by atoms with van der Waals surface area (Å²) in [5.41, 5.74) is 1.90. The Balaban J connectivity index is 1.59. The van der Waals surface area contributed by atoms with Crippen molar-refractivity contribution in [3.8, 4) is 22.8 Å². The van der Waals surface area contributed by atoms with Gasteiger partial charge in [0.1, 0.15) is 17.3 Å². The summed E-state index contributed by atoms with van der Waals surface area (Å²) < 4.78 is 29.7. The van der Waals surface area contributed by atoms with Gasteiger partial charge in [-0.25, -0.2) is 9.37 Å². The van der Waals surface area contributed by atoms with Gasteiger partial charge < -0.3 is 14.2 Å². The average molecular weight is 486 g/mol. The molecule has 0 aliphatic carbocycles. The van der Waals surface area contributed by atoms with Crippen molar-refractivity contribution in [3.63, 3.8) is 0 Å². The van der Waals surface area contributed by atoms with Gasteiger partial charge in [-0.3, -0.25) is 14.6 Å². The van der Waals surface area contributed by atoms with Crippen LogP contribution in [0.4, 0.5) is 9.52 Å². The minimum Gasteiger partial charge on any atom is -0.497 e. The van der Waals surface area contributed by atoms with Crippen molar-refractivity contribution >= 4 is 22.4 Å². The standard InChI is InChI=1S/C25H28FN3O4S/c1-31-20-8-9-23(32-2)21(16-20)22-17-34-25(27-22)29(11-3-10-28-12-14-33-15-13-28)24(30)18-4-6-19(26)7-5-18/h4-9,16-17H,3,10-15H2,1-2H3. The van der Waals surface area contributed by atoms with Crippen LogP contribution in [-0.4, -0.2) is 69.4 Å². The number of halogens is 1. The van der Waals surface area contributed by atoms with Gasteiger partial charge in [0.25, 0.3) is 5.91 Å². The van der Waals surface area contributed by atoms with Crippen LogP contribution in [0.3, 0.4) is 0 Å². The van der Waals surface area contributed by atoms with Gasteiger partial charge in [-0.05, 0) is 48.9 Å². The van der Waals surface area contributed by atoms with Gasteiger partial charge in [0.15, 0.2) is 5.13 Å². The fourth-order valence-corrected chi connectivity index (χ4v) is 4.68. The lowest BCUT2D eigenvalue weighted by molar-refractivity contribution is 0.0376. The molecule has 0 saturated carbocycles. The number of carbonyl (C=O) groups is 1. The molecular formula is C25H28FN3O4S. The highest BCUT2D eigenvalue weighted by molar-refractivity contribution is 7.14. The lowest BCUT2D eigenvalue weighted by atomic mass is 10.1. The Morgan fingerprint density at radius 1 is 1.15 bits per heavy atom. The predicted molar refractivity (Wildman–Crippen MR) is 131 cm³/mol. The third kappa shape index (κ3) is 5.72. The summed E-state index contributed by atoms with van der Waals surface area (Å²) in [7, 11) is 3.21. The van der Waals surface area contributed by atoms with Crippen LogP contribution in [0.2, 0.25) is 0 Å². The third-order valence-corrected chi connectivity index (χ3v) is 6.57. The van der Waals surface area contributed by atoms with Gasteiger partial charge >= 0.3 is 0 Å². The summed E-state index contributed by atoms with van der Waals surface area (Å²) in [6, 6.07) is 11.1. The zero-order valence-electron chi connectivity index (χ0n) is 19.3. The van der Waals surface area contributed by atoms with Crippen LogP contribution in [-0.2, 0) is 4.74 Å². The fraction of sp³-hybridized carbons (Fsp3) is 0.360. The first-order valence-electron chi connectivity index (χ1n) is 11.1. The Labute approximate surface area is 202 Å². The number of hydrogen-bond donors (Lipinski definition) is 0. The van der Waals surface area contributed by atoms with Crippen molar-refractivity contribution in [2.24, 2.45) is 0 Å². The van der Waals surface area contributed by atoms with E-state index in [1.165, 1.54) is 35.6 Å². The van der Waals surface area contributed by atoms with Gasteiger partial charge in [0.05, 0.1) is 33.1 Å². The molecule has 1 aliphatic heterocycles. The summed E-state index contributed by atoms with van der Waals surface area (Å²) in [5, 5.41) is 2.48. The second-order valence-corrected chi connectivity index (χ2v) is 8.69. The molecule has 0 radical (unpaired) electrons. The first-order valence-corrected chi connectivity index (χ1v) is 12.0. The highest BCUT2D eigenvalue weighted by atomic mass is 32.1. The summed E-state index contributed by atoms with van der Waals surface area (Å²) in [4.78, 5) is 22.2. The van der Waals surface area contributed by atoms with Crippen molar-refractivity contribution < 1.29 is 23.4 Å². The maximum atomic E-state index is 13.4. The number of morpholine rings is 1. The number of ether oxygens (including phenoxy) is 3. The zero-order chi connectivity index (χ0) is 23.9. The second kappa shape index (κ2) is 11.4. The molecule has 1 fully saturated rings. The van der Waals surface area contributed by atoms with Gasteiger partial charge in [0, 0.05) is 42.7 Å². The molecule has 4 rings (SSSR count). The molecule has 7 nitrogen and oxygen atoms in total. The fourth-order valence-electron chi connectivity index (χ4n) is 3.84. The quantitative estimate of drug-likeness (QED) is 0.450. The molecule has 2 heterocycles. The van der Waals surface area contributed by atoms with E-state index >= 15 is 0 Å². The van der Waals surface area contributed by atoms with E-state index in [1.54, 1.807) is 19.1 Å². The molecule has 9 heteroatoms. The number of aromatic nitrogens is 1. The molecular weight excluding hydrogens is 457 g/mol. The number of hydrogen-bond acceptors (Lipinski definition) is 7. The van der Waals surface area contributed by atoms with Gasteiger partial charge in [-0.15, -0.1) is 11.3 Å². The average Bonchev–Trinajstić information content (AvgIpc) is 3.36. The Kier molecular flexibility index (Phi) is 8.10. The summed E-state index contributed by atoms with van der Waals surface area (Å²) >= 11 is 1.39. The number of carbonyl (C=O) groups excluding carboxylic acids is 1. The van der Waals surface area contributed by atoms with E-state index in [9.17, 15) is 9.18 Å². The van der Waals surface area contributed by atoms with Gasteiger partial charge in [-0.2, -0.15) is 0 Å². The molecule has 0 unspecified atom stereocenters. The molecule has 1 aliphatic rings. The first-order chi connectivity index (χ1) is 16.6. The Hall–Kier alpha value is -3.01. The molecule has 0 bridgehead atoms. The Bertz CT molecular complexity index is 1100. The minimum atomic E-state index is -0.378. The van der Waals surface area contributed by atoms with Gasteiger partial charge in [-0.1, -0.05) is 0 Å². The predicted octanol–water partition coefficient (Wildman–Crippen LogP) is 4.34. The highest BCUT2D eigenvalue weighted by Crippen LogP contribution is 2.36. The molecule has 2 aromatic carbocycles. The van der Waals surface area contributed by atoms with E-state index in [0.717, 1.165) is 44.8 Å². The normalized spacial score (nSPS) is 14.1. The van der Waals surface area contributed by atoms with Crippen LogP contribution in [0.1, 0.15) is 16.8 Å². The highest BCUT2D eigenvalue weighted by Gasteiger charge is 2.22. The number of methoxy groups -OCH3 is 2. The lowest BCUT2D eigenvalue weighted by Gasteiger charge is -2.27. The van der Waals surface area contributed by atoms with E-state index in [0.29, 0.717) is 34.4 Å². The topological polar surface area (TPSA) is 64.1 Å². The Morgan fingerprint density at radius 3 is 2.62 bits per heavy atom. The third-order valence-electron chi connectivity index (χ3n) is 5.70. The molecule has 0 atom stereocenters. The van der Waals surface area contributed by atoms with Crippen molar-refractivity contribution in [1.82, 2.24) is 9.88 Å². The van der Waals surface area contributed by atoms with E-state index in [2.05, 4.69) is 4.90 Å². The van der Waals surface area contributed by atoms with Crippen LogP contribution in [0.5, 0.6) is 11.5 Å². The summed E-state index contributed by atoms with van der Waals surface area (Å²) in [5.74, 6) is 0.772. The number of anilines is 1. The molecule has 180 valence electrons. The van der Waals surface area contributed by atoms with E-state index in [4.69, 9.17) is 19.2 Å². The van der Waals surface area contributed by atoms with Crippen LogP contribution >= 0.6 is 11.3 Å². The van der Waals surface area contributed by atoms with E-state index < -0.39 is 0 Å². The van der Waals surface area contributed by atoms with E-state index in [-0.39, 0.29) is 11.7 Å².